The van der Waals surface area contributed by atoms with E-state index in [1.165, 1.54) is 6.07 Å². The lowest BCUT2D eigenvalue weighted by Crippen LogP contribution is -2.48. The second kappa shape index (κ2) is 7.61. The predicted molar refractivity (Wildman–Crippen MR) is 87.0 cm³/mol. The maximum atomic E-state index is 14.3. The van der Waals surface area contributed by atoms with Gasteiger partial charge in [0, 0.05) is 38.8 Å². The lowest BCUT2D eigenvalue weighted by Gasteiger charge is -2.29. The number of ether oxygens (including phenoxy) is 1. The summed E-state index contributed by atoms with van der Waals surface area (Å²) < 4.78 is 19.6. The maximum absolute atomic E-state index is 14.3. The number of hydrogen-bond acceptors (Lipinski definition) is 4. The number of piperazine rings is 1. The van der Waals surface area contributed by atoms with Gasteiger partial charge in [-0.25, -0.2) is 4.39 Å². The molecule has 1 aromatic rings. The zero-order valence-corrected chi connectivity index (χ0v) is 13.5. The van der Waals surface area contributed by atoms with E-state index in [4.69, 9.17) is 4.74 Å². The standard InChI is InChI=1S/C17H22FN3O3/c18-14-9-12(10-20-17(23)13-3-7-24-8-4-13)1-2-15(14)21-6-5-19-16(22)11-21/h1-2,9,13H,3-8,10-11H2,(H,19,22)(H,20,23). The van der Waals surface area contributed by atoms with Crippen molar-refractivity contribution in [1.82, 2.24) is 10.6 Å². The van der Waals surface area contributed by atoms with Crippen LogP contribution in [0.3, 0.4) is 0 Å². The second-order valence-corrected chi connectivity index (χ2v) is 6.16. The minimum absolute atomic E-state index is 0.00418. The van der Waals surface area contributed by atoms with Gasteiger partial charge in [0.15, 0.2) is 0 Å². The fourth-order valence-electron chi connectivity index (χ4n) is 3.05. The summed E-state index contributed by atoms with van der Waals surface area (Å²) >= 11 is 0. The van der Waals surface area contributed by atoms with Crippen LogP contribution in [0.1, 0.15) is 18.4 Å². The number of amides is 2. The molecule has 2 heterocycles. The third-order valence-corrected chi connectivity index (χ3v) is 4.45. The summed E-state index contributed by atoms with van der Waals surface area (Å²) in [6.45, 7) is 2.80. The Kier molecular flexibility index (Phi) is 5.30. The Morgan fingerprint density at radius 3 is 2.88 bits per heavy atom. The van der Waals surface area contributed by atoms with Crippen LogP contribution < -0.4 is 15.5 Å². The van der Waals surface area contributed by atoms with E-state index < -0.39 is 0 Å². The summed E-state index contributed by atoms with van der Waals surface area (Å²) in [6, 6.07) is 4.88. The van der Waals surface area contributed by atoms with Crippen molar-refractivity contribution < 1.29 is 18.7 Å². The van der Waals surface area contributed by atoms with E-state index in [0.717, 1.165) is 12.8 Å². The molecule has 0 saturated carbocycles. The third-order valence-electron chi connectivity index (χ3n) is 4.45. The van der Waals surface area contributed by atoms with E-state index in [2.05, 4.69) is 10.6 Å². The van der Waals surface area contributed by atoms with E-state index >= 15 is 0 Å². The van der Waals surface area contributed by atoms with Gasteiger partial charge in [0.05, 0.1) is 12.2 Å². The Morgan fingerprint density at radius 2 is 2.17 bits per heavy atom. The first-order valence-corrected chi connectivity index (χ1v) is 8.29. The first-order valence-electron chi connectivity index (χ1n) is 8.29. The molecule has 2 N–H and O–H groups in total. The molecule has 0 aromatic heterocycles. The van der Waals surface area contributed by atoms with Gasteiger partial charge < -0.3 is 20.3 Å². The molecule has 0 spiro atoms. The Balaban J connectivity index is 1.58. The Hall–Kier alpha value is -2.15. The first-order chi connectivity index (χ1) is 11.6. The van der Waals surface area contributed by atoms with Gasteiger partial charge in [0.25, 0.3) is 0 Å². The Morgan fingerprint density at radius 1 is 1.38 bits per heavy atom. The highest BCUT2D eigenvalue weighted by Crippen LogP contribution is 2.21. The summed E-state index contributed by atoms with van der Waals surface area (Å²) in [5.41, 5.74) is 1.13. The van der Waals surface area contributed by atoms with Crippen LogP contribution >= 0.6 is 0 Å². The zero-order chi connectivity index (χ0) is 16.9. The van der Waals surface area contributed by atoms with Crippen LogP contribution in [0.15, 0.2) is 18.2 Å². The molecule has 2 saturated heterocycles. The molecule has 0 radical (unpaired) electrons. The van der Waals surface area contributed by atoms with E-state index in [1.54, 1.807) is 17.0 Å². The van der Waals surface area contributed by atoms with Gasteiger partial charge in [-0.05, 0) is 30.5 Å². The van der Waals surface area contributed by atoms with E-state index in [-0.39, 0.29) is 30.1 Å². The van der Waals surface area contributed by atoms with Gasteiger partial charge in [0.1, 0.15) is 5.82 Å². The molecule has 24 heavy (non-hydrogen) atoms. The molecular weight excluding hydrogens is 313 g/mol. The number of hydrogen-bond donors (Lipinski definition) is 2. The number of halogens is 1. The number of nitrogens with one attached hydrogen (secondary N) is 2. The first kappa shape index (κ1) is 16.7. The molecule has 130 valence electrons. The van der Waals surface area contributed by atoms with Gasteiger partial charge in [-0.2, -0.15) is 0 Å². The van der Waals surface area contributed by atoms with E-state index in [9.17, 15) is 14.0 Å². The molecule has 2 aliphatic rings. The van der Waals surface area contributed by atoms with E-state index in [0.29, 0.717) is 44.1 Å². The van der Waals surface area contributed by atoms with Crippen LogP contribution in [0.2, 0.25) is 0 Å². The number of carbonyl (C=O) groups excluding carboxylic acids is 2. The minimum Gasteiger partial charge on any atom is -0.381 e. The highest BCUT2D eigenvalue weighted by Gasteiger charge is 2.22. The predicted octanol–water partition coefficient (Wildman–Crippen LogP) is 0.805. The maximum Gasteiger partial charge on any atom is 0.239 e. The summed E-state index contributed by atoms with van der Waals surface area (Å²) in [5.74, 6) is -0.499. The largest absolute Gasteiger partial charge is 0.381 e. The third kappa shape index (κ3) is 4.03. The second-order valence-electron chi connectivity index (χ2n) is 6.16. The molecule has 2 amide bonds. The quantitative estimate of drug-likeness (QED) is 0.854. The molecule has 2 aliphatic heterocycles. The summed E-state index contributed by atoms with van der Waals surface area (Å²) in [7, 11) is 0. The molecule has 0 atom stereocenters. The summed E-state index contributed by atoms with van der Waals surface area (Å²) in [6.07, 6.45) is 1.46. The van der Waals surface area contributed by atoms with Crippen LogP contribution in [0.5, 0.6) is 0 Å². The topological polar surface area (TPSA) is 70.7 Å². The van der Waals surface area contributed by atoms with Crippen LogP contribution in [0.25, 0.3) is 0 Å². The van der Waals surface area contributed by atoms with Crippen molar-refractivity contribution in [3.8, 4) is 0 Å². The average Bonchev–Trinajstić information content (AvgIpc) is 2.60. The van der Waals surface area contributed by atoms with Crippen molar-refractivity contribution in [2.24, 2.45) is 5.92 Å². The van der Waals surface area contributed by atoms with Gasteiger partial charge in [-0.1, -0.05) is 6.07 Å². The van der Waals surface area contributed by atoms with Crippen LogP contribution in [-0.2, 0) is 20.9 Å². The van der Waals surface area contributed by atoms with Crippen molar-refractivity contribution in [2.75, 3.05) is 37.7 Å². The van der Waals surface area contributed by atoms with E-state index in [1.807, 2.05) is 0 Å². The zero-order valence-electron chi connectivity index (χ0n) is 13.5. The molecule has 6 nitrogen and oxygen atoms in total. The monoisotopic (exact) mass is 335 g/mol. The van der Waals surface area contributed by atoms with Crippen molar-refractivity contribution in [3.63, 3.8) is 0 Å². The SMILES string of the molecule is O=C1CN(c2ccc(CNC(=O)C3CCOCC3)cc2F)CCN1. The Bertz CT molecular complexity index is 617. The average molecular weight is 335 g/mol. The molecule has 1 aromatic carbocycles. The van der Waals surface area contributed by atoms with Gasteiger partial charge in [0.2, 0.25) is 11.8 Å². The number of rotatable bonds is 4. The van der Waals surface area contributed by atoms with Crippen LogP contribution in [0.4, 0.5) is 10.1 Å². The van der Waals surface area contributed by atoms with Gasteiger partial charge >= 0.3 is 0 Å². The number of benzene rings is 1. The van der Waals surface area contributed by atoms with Crippen LogP contribution in [0, 0.1) is 11.7 Å². The molecule has 2 fully saturated rings. The number of nitrogens with zero attached hydrogens (tertiary/aromatic N) is 1. The lowest BCUT2D eigenvalue weighted by molar-refractivity contribution is -0.128. The van der Waals surface area contributed by atoms with Crippen molar-refractivity contribution in [2.45, 2.75) is 19.4 Å². The van der Waals surface area contributed by atoms with Gasteiger partial charge in [-0.3, -0.25) is 9.59 Å². The molecule has 3 rings (SSSR count). The highest BCUT2D eigenvalue weighted by molar-refractivity contribution is 5.82. The van der Waals surface area contributed by atoms with Crippen molar-refractivity contribution in [1.29, 1.82) is 0 Å². The number of carbonyl (C=O) groups is 2. The summed E-state index contributed by atoms with van der Waals surface area (Å²) in [5, 5.41) is 5.58. The van der Waals surface area contributed by atoms with Crippen molar-refractivity contribution in [3.05, 3.63) is 29.6 Å². The van der Waals surface area contributed by atoms with Crippen LogP contribution in [-0.4, -0.2) is 44.7 Å². The molecule has 0 aliphatic carbocycles. The normalized spacial score (nSPS) is 19.0. The summed E-state index contributed by atoms with van der Waals surface area (Å²) in [4.78, 5) is 25.2. The molecular formula is C17H22FN3O3. The van der Waals surface area contributed by atoms with Crippen molar-refractivity contribution >= 4 is 17.5 Å². The lowest BCUT2D eigenvalue weighted by atomic mass is 9.99. The fraction of sp³-hybridized carbons (Fsp3) is 0.529. The fourth-order valence-corrected chi connectivity index (χ4v) is 3.05. The van der Waals surface area contributed by atoms with Gasteiger partial charge in [-0.15, -0.1) is 0 Å². The molecule has 7 heteroatoms. The minimum atomic E-state index is -0.373. The molecule has 0 bridgehead atoms. The number of anilines is 1. The highest BCUT2D eigenvalue weighted by atomic mass is 19.1. The molecule has 0 unspecified atom stereocenters. The Labute approximate surface area is 140 Å². The smallest absolute Gasteiger partial charge is 0.239 e.